The van der Waals surface area contributed by atoms with Crippen LogP contribution in [0.1, 0.15) is 26.7 Å². The molecule has 9 nitrogen and oxygen atoms in total. The van der Waals surface area contributed by atoms with Crippen LogP contribution < -0.4 is 0 Å². The Balaban J connectivity index is 2.29. The van der Waals surface area contributed by atoms with E-state index in [0.29, 0.717) is 19.4 Å². The van der Waals surface area contributed by atoms with Crippen molar-refractivity contribution in [1.82, 2.24) is 4.90 Å². The van der Waals surface area contributed by atoms with Gasteiger partial charge >= 0.3 is 11.0 Å². The van der Waals surface area contributed by atoms with E-state index in [2.05, 4.69) is 9.68 Å². The Kier molecular flexibility index (Phi) is 6.85. The second-order valence-electron chi connectivity index (χ2n) is 6.44. The van der Waals surface area contributed by atoms with Gasteiger partial charge in [-0.1, -0.05) is 18.2 Å². The molecule has 1 saturated heterocycles. The molecule has 1 aliphatic heterocycles. The Morgan fingerprint density at radius 1 is 1.37 bits per heavy atom. The van der Waals surface area contributed by atoms with Crippen molar-refractivity contribution < 1.29 is 32.5 Å². The molecule has 0 N–H and O–H groups in total. The molecule has 1 aromatic carbocycles. The summed E-state index contributed by atoms with van der Waals surface area (Å²) in [5.41, 5.74) is 8.29. The van der Waals surface area contributed by atoms with Gasteiger partial charge in [0.25, 0.3) is 9.84 Å². The maximum Gasteiger partial charge on any atom is 0.473 e. The lowest BCUT2D eigenvalue weighted by Gasteiger charge is -2.32. The van der Waals surface area contributed by atoms with Crippen molar-refractivity contribution in [2.75, 3.05) is 20.3 Å². The lowest BCUT2D eigenvalue weighted by atomic mass is 10.1. The highest BCUT2D eigenvalue weighted by Crippen LogP contribution is 2.30. The SMILES string of the molecule is COOCCCC1COC(C)(C)N1C(=O)C(=[N+]=[N-])S(=O)(=O)c1ccccc1. The number of hydrogen-bond acceptors (Lipinski definition) is 6. The fraction of sp³-hybridized carbons (Fsp3) is 0.529. The molecule has 1 aromatic rings. The van der Waals surface area contributed by atoms with Gasteiger partial charge in [-0.2, -0.15) is 0 Å². The third kappa shape index (κ3) is 4.60. The average molecular weight is 397 g/mol. The molecular weight excluding hydrogens is 374 g/mol. The Morgan fingerprint density at radius 2 is 2.04 bits per heavy atom. The van der Waals surface area contributed by atoms with Gasteiger partial charge in [0.1, 0.15) is 5.72 Å². The van der Waals surface area contributed by atoms with Crippen molar-refractivity contribution in [2.45, 2.75) is 43.4 Å². The summed E-state index contributed by atoms with van der Waals surface area (Å²) in [4.78, 5) is 26.4. The molecule has 0 spiro atoms. The molecule has 1 heterocycles. The van der Waals surface area contributed by atoms with Crippen LogP contribution >= 0.6 is 0 Å². The summed E-state index contributed by atoms with van der Waals surface area (Å²) < 4.78 is 31.2. The number of ether oxygens (including phenoxy) is 1. The zero-order chi connectivity index (χ0) is 20.1. The Bertz CT molecular complexity index is 818. The van der Waals surface area contributed by atoms with E-state index in [4.69, 9.17) is 9.62 Å². The van der Waals surface area contributed by atoms with Crippen molar-refractivity contribution in [1.29, 1.82) is 0 Å². The Labute approximate surface area is 158 Å². The van der Waals surface area contributed by atoms with E-state index in [1.54, 1.807) is 19.9 Å². The molecule has 1 amide bonds. The minimum Gasteiger partial charge on any atom is -0.360 e. The maximum absolute atomic E-state index is 13.0. The first-order valence-corrected chi connectivity index (χ1v) is 9.89. The van der Waals surface area contributed by atoms with Crippen LogP contribution in [0.15, 0.2) is 35.2 Å². The average Bonchev–Trinajstić information content (AvgIpc) is 2.94. The standard InChI is InChI=1S/C17H23N3O6S/c1-17(2)20(13(12-25-17)8-7-11-26-24-3)16(21)15(19-18)27(22,23)14-9-5-4-6-10-14/h4-6,9-10,13H,7-8,11-12H2,1-3H3. The summed E-state index contributed by atoms with van der Waals surface area (Å²) in [6.45, 7) is 3.86. The largest absolute Gasteiger partial charge is 0.473 e. The third-order valence-electron chi connectivity index (χ3n) is 4.26. The quantitative estimate of drug-likeness (QED) is 0.136. The van der Waals surface area contributed by atoms with Gasteiger partial charge in [0, 0.05) is 0 Å². The Hall–Kier alpha value is -2.10. The van der Waals surface area contributed by atoms with E-state index in [0.717, 1.165) is 0 Å². The molecule has 1 aliphatic rings. The molecular formula is C17H23N3O6S. The van der Waals surface area contributed by atoms with Crippen molar-refractivity contribution >= 4 is 20.8 Å². The maximum atomic E-state index is 13.0. The van der Waals surface area contributed by atoms with Crippen LogP contribution in [0.5, 0.6) is 0 Å². The normalized spacial score (nSPS) is 18.9. The molecule has 0 radical (unpaired) electrons. The molecule has 0 aromatic heterocycles. The van der Waals surface area contributed by atoms with Crippen molar-refractivity contribution in [3.63, 3.8) is 0 Å². The lowest BCUT2D eigenvalue weighted by Crippen LogP contribution is -2.52. The van der Waals surface area contributed by atoms with Crippen LogP contribution in [0, 0.1) is 0 Å². The summed E-state index contributed by atoms with van der Waals surface area (Å²) in [5.74, 6) is -0.915. The van der Waals surface area contributed by atoms with Gasteiger partial charge in [-0.15, -0.1) is 4.79 Å². The number of benzene rings is 1. The van der Waals surface area contributed by atoms with E-state index < -0.39 is 32.6 Å². The topological polar surface area (TPSA) is 119 Å². The molecule has 27 heavy (non-hydrogen) atoms. The number of rotatable bonds is 6. The summed E-state index contributed by atoms with van der Waals surface area (Å²) in [6, 6.07) is 6.96. The summed E-state index contributed by atoms with van der Waals surface area (Å²) >= 11 is 0. The van der Waals surface area contributed by atoms with Gasteiger partial charge in [0.2, 0.25) is 0 Å². The van der Waals surface area contributed by atoms with Gasteiger partial charge in [-0.25, -0.2) is 18.2 Å². The summed E-state index contributed by atoms with van der Waals surface area (Å²) in [6.07, 6.45) is 1.07. The monoisotopic (exact) mass is 397 g/mol. The number of amides is 1. The van der Waals surface area contributed by atoms with Gasteiger partial charge in [-0.05, 0) is 38.8 Å². The first-order chi connectivity index (χ1) is 12.8. The van der Waals surface area contributed by atoms with Gasteiger partial charge < -0.3 is 10.3 Å². The molecule has 1 atom stereocenters. The van der Waals surface area contributed by atoms with Gasteiger partial charge in [0.05, 0.1) is 31.3 Å². The highest BCUT2D eigenvalue weighted by atomic mass is 32.2. The highest BCUT2D eigenvalue weighted by molar-refractivity contribution is 8.08. The minimum absolute atomic E-state index is 0.130. The van der Waals surface area contributed by atoms with Crippen LogP contribution in [0.25, 0.3) is 5.53 Å². The van der Waals surface area contributed by atoms with E-state index in [1.807, 2.05) is 0 Å². The van der Waals surface area contributed by atoms with E-state index >= 15 is 0 Å². The highest BCUT2D eigenvalue weighted by Gasteiger charge is 2.51. The second-order valence-corrected chi connectivity index (χ2v) is 8.30. The van der Waals surface area contributed by atoms with Crippen molar-refractivity contribution in [2.24, 2.45) is 0 Å². The fourth-order valence-corrected chi connectivity index (χ4v) is 4.17. The number of sulfone groups is 1. The van der Waals surface area contributed by atoms with Crippen LogP contribution in [0.4, 0.5) is 0 Å². The number of nitrogens with zero attached hydrogens (tertiary/aromatic N) is 3. The Morgan fingerprint density at radius 3 is 2.63 bits per heavy atom. The van der Waals surface area contributed by atoms with E-state index in [-0.39, 0.29) is 11.5 Å². The summed E-state index contributed by atoms with van der Waals surface area (Å²) in [5, 5.41) is -0.939. The fourth-order valence-electron chi connectivity index (χ4n) is 2.99. The molecule has 148 valence electrons. The molecule has 10 heteroatoms. The molecule has 1 unspecified atom stereocenters. The van der Waals surface area contributed by atoms with Gasteiger partial charge in [0.15, 0.2) is 0 Å². The number of carbonyl (C=O) groups excluding carboxylic acids is 1. The predicted molar refractivity (Wildman–Crippen MR) is 95.1 cm³/mol. The molecule has 0 saturated carbocycles. The first-order valence-electron chi connectivity index (χ1n) is 8.41. The minimum atomic E-state index is -4.28. The first kappa shape index (κ1) is 21.2. The zero-order valence-corrected chi connectivity index (χ0v) is 16.3. The van der Waals surface area contributed by atoms with E-state index in [9.17, 15) is 18.7 Å². The van der Waals surface area contributed by atoms with Crippen LogP contribution in [0.3, 0.4) is 0 Å². The van der Waals surface area contributed by atoms with E-state index in [1.165, 1.54) is 36.3 Å². The summed E-state index contributed by atoms with van der Waals surface area (Å²) in [7, 11) is -2.88. The predicted octanol–water partition coefficient (Wildman–Crippen LogP) is 1.41. The van der Waals surface area contributed by atoms with Crippen LogP contribution in [0.2, 0.25) is 0 Å². The van der Waals surface area contributed by atoms with Crippen LogP contribution in [-0.2, 0) is 29.1 Å². The molecule has 0 aliphatic carbocycles. The van der Waals surface area contributed by atoms with Gasteiger partial charge in [-0.3, -0.25) is 9.69 Å². The number of carbonyl (C=O) groups is 1. The third-order valence-corrected chi connectivity index (χ3v) is 5.92. The lowest BCUT2D eigenvalue weighted by molar-refractivity contribution is -0.273. The second kappa shape index (κ2) is 8.73. The molecule has 2 rings (SSSR count). The smallest absolute Gasteiger partial charge is 0.360 e. The van der Waals surface area contributed by atoms with Crippen molar-refractivity contribution in [3.8, 4) is 0 Å². The molecule has 0 bridgehead atoms. The molecule has 1 fully saturated rings. The van der Waals surface area contributed by atoms with Crippen molar-refractivity contribution in [3.05, 3.63) is 35.9 Å². The zero-order valence-electron chi connectivity index (χ0n) is 15.5. The van der Waals surface area contributed by atoms with Crippen LogP contribution in [-0.4, -0.2) is 61.1 Å². The number of hydrogen-bond donors (Lipinski definition) is 0.